The lowest BCUT2D eigenvalue weighted by atomic mass is 9.61. The average Bonchev–Trinajstić information content (AvgIpc) is 3.00. The van der Waals surface area contributed by atoms with E-state index in [-0.39, 0.29) is 30.3 Å². The molecule has 0 N–H and O–H groups in total. The summed E-state index contributed by atoms with van der Waals surface area (Å²) in [7, 11) is 1.44. The van der Waals surface area contributed by atoms with Gasteiger partial charge in [-0.25, -0.2) is 9.78 Å². The molecule has 2 bridgehead atoms. The third kappa shape index (κ3) is 1.59. The van der Waals surface area contributed by atoms with Crippen molar-refractivity contribution in [3.8, 4) is 0 Å². The summed E-state index contributed by atoms with van der Waals surface area (Å²) < 4.78 is 5.23. The zero-order valence-corrected chi connectivity index (χ0v) is 12.9. The molecule has 0 radical (unpaired) electrons. The molecule has 5 aliphatic rings. The van der Waals surface area contributed by atoms with E-state index in [1.165, 1.54) is 12.7 Å². The van der Waals surface area contributed by atoms with Crippen molar-refractivity contribution in [2.24, 2.45) is 5.41 Å². The van der Waals surface area contributed by atoms with Gasteiger partial charge < -0.3 is 4.74 Å². The van der Waals surface area contributed by atoms with Gasteiger partial charge in [-0.05, 0) is 30.4 Å². The van der Waals surface area contributed by atoms with Crippen molar-refractivity contribution in [1.82, 2.24) is 5.06 Å². The Labute approximate surface area is 134 Å². The highest BCUT2D eigenvalue weighted by Crippen LogP contribution is 2.61. The number of rotatable bonds is 1. The van der Waals surface area contributed by atoms with Gasteiger partial charge >= 0.3 is 5.97 Å². The maximum Gasteiger partial charge on any atom is 0.319 e. The van der Waals surface area contributed by atoms with Crippen molar-refractivity contribution >= 4 is 5.97 Å². The lowest BCUT2D eigenvalue weighted by molar-refractivity contribution is -0.440. The summed E-state index contributed by atoms with van der Waals surface area (Å²) in [4.78, 5) is 30.2. The van der Waals surface area contributed by atoms with Crippen LogP contribution in [-0.2, 0) is 30.6 Å². The maximum absolute atomic E-state index is 13.0. The number of fused-ring (bicyclic) bond motifs is 5. The number of methoxy groups -OCH3 is 1. The Morgan fingerprint density at radius 1 is 1.30 bits per heavy atom. The van der Waals surface area contributed by atoms with Gasteiger partial charge in [-0.15, -0.1) is 0 Å². The predicted molar refractivity (Wildman–Crippen MR) is 77.9 cm³/mol. The van der Waals surface area contributed by atoms with Gasteiger partial charge in [0, 0.05) is 6.54 Å². The van der Waals surface area contributed by atoms with Crippen molar-refractivity contribution in [2.75, 3.05) is 13.7 Å². The van der Waals surface area contributed by atoms with E-state index in [0.29, 0.717) is 0 Å². The topological polar surface area (TPSA) is 57.2 Å². The molecule has 23 heavy (non-hydrogen) atoms. The van der Waals surface area contributed by atoms with E-state index in [4.69, 9.17) is 19.3 Å². The van der Waals surface area contributed by atoms with Crippen LogP contribution in [0.4, 0.5) is 0 Å². The molecule has 1 aromatic carbocycles. The van der Waals surface area contributed by atoms with Crippen molar-refractivity contribution in [1.29, 1.82) is 0 Å². The van der Waals surface area contributed by atoms with E-state index in [9.17, 15) is 4.79 Å². The van der Waals surface area contributed by atoms with E-state index in [1.54, 1.807) is 0 Å². The minimum Gasteiger partial charge on any atom is -0.468 e. The van der Waals surface area contributed by atoms with Gasteiger partial charge in [-0.2, -0.15) is 5.06 Å². The van der Waals surface area contributed by atoms with Crippen LogP contribution in [-0.4, -0.2) is 43.0 Å². The van der Waals surface area contributed by atoms with E-state index in [0.717, 1.165) is 31.4 Å². The summed E-state index contributed by atoms with van der Waals surface area (Å²) in [5.74, 6) is -0.260. The van der Waals surface area contributed by atoms with E-state index in [2.05, 4.69) is 12.1 Å². The van der Waals surface area contributed by atoms with Crippen LogP contribution in [0.15, 0.2) is 24.3 Å². The summed E-state index contributed by atoms with van der Waals surface area (Å²) in [5.41, 5.74) is 1.55. The van der Waals surface area contributed by atoms with Gasteiger partial charge in [0.2, 0.25) is 0 Å². The van der Waals surface area contributed by atoms with Gasteiger partial charge in [-0.1, -0.05) is 24.3 Å². The SMILES string of the molecule is COC(=O)[C@]12[C@@H]3c4ccccc4CCN3O[C@H]1[C@@H]1CC[C@H]2OO1. The van der Waals surface area contributed by atoms with Gasteiger partial charge in [0.15, 0.2) is 0 Å². The van der Waals surface area contributed by atoms with Gasteiger partial charge in [-0.3, -0.25) is 9.63 Å². The molecule has 3 saturated heterocycles. The molecule has 6 nitrogen and oxygen atoms in total. The summed E-state index contributed by atoms with van der Waals surface area (Å²) in [6.45, 7) is 0.760. The second kappa shape index (κ2) is 4.77. The molecule has 4 aliphatic heterocycles. The molecule has 0 spiro atoms. The minimum absolute atomic E-state index is 0.179. The number of hydrogen-bond acceptors (Lipinski definition) is 6. The monoisotopic (exact) mass is 317 g/mol. The summed E-state index contributed by atoms with van der Waals surface area (Å²) in [5, 5.41) is 1.95. The van der Waals surface area contributed by atoms with E-state index >= 15 is 0 Å². The second-order valence-corrected chi connectivity index (χ2v) is 6.74. The van der Waals surface area contributed by atoms with Crippen LogP contribution in [0.3, 0.4) is 0 Å². The highest BCUT2D eigenvalue weighted by molar-refractivity contribution is 5.81. The van der Waals surface area contributed by atoms with Gasteiger partial charge in [0.05, 0.1) is 13.2 Å². The number of esters is 1. The Balaban J connectivity index is 1.72. The van der Waals surface area contributed by atoms with Crippen molar-refractivity contribution in [3.63, 3.8) is 0 Å². The smallest absolute Gasteiger partial charge is 0.319 e. The van der Waals surface area contributed by atoms with Crippen LogP contribution < -0.4 is 0 Å². The molecule has 1 aromatic rings. The number of benzene rings is 1. The van der Waals surface area contributed by atoms with Crippen LogP contribution in [0.25, 0.3) is 0 Å². The third-order valence-corrected chi connectivity index (χ3v) is 5.83. The highest BCUT2D eigenvalue weighted by atomic mass is 17.2. The minimum atomic E-state index is -0.855. The third-order valence-electron chi connectivity index (χ3n) is 5.83. The molecule has 0 unspecified atom stereocenters. The molecular formula is C17H19NO5. The molecule has 4 heterocycles. The lowest BCUT2D eigenvalue weighted by Crippen LogP contribution is -2.64. The molecule has 4 fully saturated rings. The average molecular weight is 317 g/mol. The predicted octanol–water partition coefficient (Wildman–Crippen LogP) is 1.55. The van der Waals surface area contributed by atoms with Crippen LogP contribution >= 0.6 is 0 Å². The molecular weight excluding hydrogens is 298 g/mol. The van der Waals surface area contributed by atoms with Crippen molar-refractivity contribution in [3.05, 3.63) is 35.4 Å². The first-order chi connectivity index (χ1) is 11.3. The number of ether oxygens (including phenoxy) is 1. The normalized spacial score (nSPS) is 41.1. The molecule has 0 aromatic heterocycles. The number of carbonyl (C=O) groups is 1. The van der Waals surface area contributed by atoms with E-state index in [1.807, 2.05) is 17.2 Å². The zero-order chi connectivity index (χ0) is 15.6. The first-order valence-corrected chi connectivity index (χ1v) is 8.18. The van der Waals surface area contributed by atoms with Crippen LogP contribution in [0.5, 0.6) is 0 Å². The first-order valence-electron chi connectivity index (χ1n) is 8.18. The number of nitrogens with zero attached hydrogens (tertiary/aromatic N) is 1. The molecule has 5 atom stereocenters. The van der Waals surface area contributed by atoms with Crippen molar-refractivity contribution in [2.45, 2.75) is 43.6 Å². The van der Waals surface area contributed by atoms with Crippen molar-refractivity contribution < 1.29 is 24.1 Å². The standard InChI is InChI=1S/C17H19NO5/c1-20-16(19)17-13-7-6-12(22-23-13)15(17)21-18-9-8-10-4-2-3-5-11(10)14(17)18/h2-5,12-15H,6-9H2,1H3/t12-,13+,14-,15-,17+/m0/s1. The molecule has 1 saturated carbocycles. The van der Waals surface area contributed by atoms with Crippen LogP contribution in [0.2, 0.25) is 0 Å². The van der Waals surface area contributed by atoms with Crippen LogP contribution in [0, 0.1) is 5.41 Å². The Morgan fingerprint density at radius 3 is 2.96 bits per heavy atom. The van der Waals surface area contributed by atoms with Gasteiger partial charge in [0.25, 0.3) is 0 Å². The molecule has 0 amide bonds. The molecule has 6 rings (SSSR count). The molecule has 6 heteroatoms. The fraction of sp³-hybridized carbons (Fsp3) is 0.588. The maximum atomic E-state index is 13.0. The Bertz CT molecular complexity index is 656. The van der Waals surface area contributed by atoms with E-state index < -0.39 is 5.41 Å². The molecule has 1 aliphatic carbocycles. The van der Waals surface area contributed by atoms with Gasteiger partial charge in [0.1, 0.15) is 23.7 Å². The number of carbonyl (C=O) groups excluding carboxylic acids is 1. The summed E-state index contributed by atoms with van der Waals surface area (Å²) >= 11 is 0. The lowest BCUT2D eigenvalue weighted by Gasteiger charge is -2.50. The molecule has 122 valence electrons. The summed E-state index contributed by atoms with van der Waals surface area (Å²) in [6, 6.07) is 8.09. The highest BCUT2D eigenvalue weighted by Gasteiger charge is 2.73. The fourth-order valence-electron chi connectivity index (χ4n) is 4.88. The largest absolute Gasteiger partial charge is 0.468 e. The number of hydroxylamine groups is 2. The summed E-state index contributed by atoms with van der Waals surface area (Å²) in [6.07, 6.45) is 1.62. The zero-order valence-electron chi connectivity index (χ0n) is 12.9. The second-order valence-electron chi connectivity index (χ2n) is 6.74. The fourth-order valence-corrected chi connectivity index (χ4v) is 4.88. The Kier molecular flexibility index (Phi) is 2.89. The Hall–Kier alpha value is -1.47. The first kappa shape index (κ1) is 13.9. The Morgan fingerprint density at radius 2 is 2.17 bits per heavy atom. The van der Waals surface area contributed by atoms with Crippen LogP contribution in [0.1, 0.15) is 30.0 Å². The number of hydrogen-bond donors (Lipinski definition) is 0. The quantitative estimate of drug-likeness (QED) is 0.579.